The van der Waals surface area contributed by atoms with E-state index in [0.717, 1.165) is 0 Å². The van der Waals surface area contributed by atoms with Crippen LogP contribution in [-0.2, 0) is 13.6 Å². The SMILES string of the molecule is COP(=O)(CC(=O)c1cccc(C(=O)N(C)C)c1)OC. The lowest BCUT2D eigenvalue weighted by Gasteiger charge is -2.13. The number of benzene rings is 1. The topological polar surface area (TPSA) is 72.9 Å². The summed E-state index contributed by atoms with van der Waals surface area (Å²) >= 11 is 0. The van der Waals surface area contributed by atoms with Gasteiger partial charge in [-0.15, -0.1) is 0 Å². The second-order valence-corrected chi connectivity index (χ2v) is 6.61. The second-order valence-electron chi connectivity index (χ2n) is 4.34. The number of rotatable bonds is 6. The molecule has 0 atom stereocenters. The van der Waals surface area contributed by atoms with Crippen molar-refractivity contribution in [1.29, 1.82) is 0 Å². The monoisotopic (exact) mass is 299 g/mol. The Balaban J connectivity index is 2.98. The maximum absolute atomic E-state index is 12.1. The van der Waals surface area contributed by atoms with E-state index in [2.05, 4.69) is 0 Å². The summed E-state index contributed by atoms with van der Waals surface area (Å²) in [5, 5.41) is 0. The first-order valence-corrected chi connectivity index (χ1v) is 7.61. The highest BCUT2D eigenvalue weighted by Gasteiger charge is 2.26. The Labute approximate surface area is 118 Å². The molecule has 0 heterocycles. The van der Waals surface area contributed by atoms with E-state index in [1.807, 2.05) is 0 Å². The van der Waals surface area contributed by atoms with Crippen LogP contribution in [0.15, 0.2) is 24.3 Å². The quantitative estimate of drug-likeness (QED) is 0.594. The highest BCUT2D eigenvalue weighted by Crippen LogP contribution is 2.46. The number of carbonyl (C=O) groups is 2. The molecule has 0 N–H and O–H groups in total. The number of amides is 1. The largest absolute Gasteiger partial charge is 0.345 e. The molecule has 110 valence electrons. The summed E-state index contributed by atoms with van der Waals surface area (Å²) in [6.45, 7) is 0. The Morgan fingerprint density at radius 2 is 1.70 bits per heavy atom. The summed E-state index contributed by atoms with van der Waals surface area (Å²) in [5.41, 5.74) is 0.692. The molecule has 0 saturated heterocycles. The molecule has 1 amide bonds. The van der Waals surface area contributed by atoms with Crippen LogP contribution < -0.4 is 0 Å². The van der Waals surface area contributed by atoms with Crippen LogP contribution in [0.5, 0.6) is 0 Å². The van der Waals surface area contributed by atoms with E-state index in [9.17, 15) is 14.2 Å². The third kappa shape index (κ3) is 4.00. The van der Waals surface area contributed by atoms with Gasteiger partial charge in [0.2, 0.25) is 0 Å². The third-order valence-electron chi connectivity index (χ3n) is 2.73. The zero-order valence-corrected chi connectivity index (χ0v) is 12.8. The van der Waals surface area contributed by atoms with E-state index in [1.54, 1.807) is 32.3 Å². The van der Waals surface area contributed by atoms with E-state index in [-0.39, 0.29) is 12.1 Å². The Bertz CT molecular complexity index is 547. The molecule has 0 saturated carbocycles. The Hall–Kier alpha value is -1.49. The smallest absolute Gasteiger partial charge is 0.337 e. The first-order chi connectivity index (χ1) is 9.33. The molecule has 0 spiro atoms. The van der Waals surface area contributed by atoms with Crippen LogP contribution in [-0.4, -0.2) is 51.1 Å². The first-order valence-electron chi connectivity index (χ1n) is 5.88. The molecule has 0 radical (unpaired) electrons. The lowest BCUT2D eigenvalue weighted by atomic mass is 10.1. The van der Waals surface area contributed by atoms with Crippen LogP contribution in [0.1, 0.15) is 20.7 Å². The third-order valence-corrected chi connectivity index (χ3v) is 4.52. The molecule has 6 nitrogen and oxygen atoms in total. The zero-order chi connectivity index (χ0) is 15.3. The first kappa shape index (κ1) is 16.6. The van der Waals surface area contributed by atoms with Crippen LogP contribution in [0.3, 0.4) is 0 Å². The molecule has 1 aromatic carbocycles. The molecule has 7 heteroatoms. The van der Waals surface area contributed by atoms with Gasteiger partial charge in [0.25, 0.3) is 5.91 Å². The highest BCUT2D eigenvalue weighted by molar-refractivity contribution is 7.54. The minimum absolute atomic E-state index is 0.207. The molecule has 0 bridgehead atoms. The maximum atomic E-state index is 12.1. The fourth-order valence-corrected chi connectivity index (χ4v) is 2.50. The summed E-state index contributed by atoms with van der Waals surface area (Å²) in [6.07, 6.45) is -0.361. The summed E-state index contributed by atoms with van der Waals surface area (Å²) in [4.78, 5) is 25.3. The summed E-state index contributed by atoms with van der Waals surface area (Å²) in [6, 6.07) is 6.25. The van der Waals surface area contributed by atoms with E-state index >= 15 is 0 Å². The normalized spacial score (nSPS) is 11.2. The second kappa shape index (κ2) is 6.79. The van der Waals surface area contributed by atoms with Crippen LogP contribution in [0, 0.1) is 0 Å². The minimum Gasteiger partial charge on any atom is -0.345 e. The van der Waals surface area contributed by atoms with Crippen molar-refractivity contribution in [2.45, 2.75) is 0 Å². The number of carbonyl (C=O) groups excluding carboxylic acids is 2. The fourth-order valence-electron chi connectivity index (χ4n) is 1.55. The van der Waals surface area contributed by atoms with Crippen molar-refractivity contribution in [3.63, 3.8) is 0 Å². The predicted octanol–water partition coefficient (Wildman–Crippen LogP) is 2.06. The van der Waals surface area contributed by atoms with Crippen molar-refractivity contribution in [2.75, 3.05) is 34.5 Å². The van der Waals surface area contributed by atoms with E-state index in [0.29, 0.717) is 11.1 Å². The minimum atomic E-state index is -3.41. The molecular formula is C13H18NO5P. The van der Waals surface area contributed by atoms with Gasteiger partial charge in [-0.1, -0.05) is 12.1 Å². The van der Waals surface area contributed by atoms with Gasteiger partial charge in [-0.25, -0.2) is 0 Å². The van der Waals surface area contributed by atoms with E-state index in [1.165, 1.54) is 25.2 Å². The van der Waals surface area contributed by atoms with Crippen molar-refractivity contribution in [3.8, 4) is 0 Å². The van der Waals surface area contributed by atoms with Gasteiger partial charge in [-0.05, 0) is 12.1 Å². The lowest BCUT2D eigenvalue weighted by molar-refractivity contribution is 0.0827. The number of hydrogen-bond acceptors (Lipinski definition) is 5. The van der Waals surface area contributed by atoms with E-state index < -0.39 is 13.4 Å². The molecule has 0 aliphatic rings. The average Bonchev–Trinajstić information content (AvgIpc) is 2.46. The molecule has 0 fully saturated rings. The lowest BCUT2D eigenvalue weighted by Crippen LogP contribution is -2.22. The maximum Gasteiger partial charge on any atom is 0.337 e. The van der Waals surface area contributed by atoms with Crippen molar-refractivity contribution in [3.05, 3.63) is 35.4 Å². The van der Waals surface area contributed by atoms with Crippen LogP contribution in [0.25, 0.3) is 0 Å². The molecule has 0 aliphatic carbocycles. The summed E-state index contributed by atoms with van der Waals surface area (Å²) < 4.78 is 21.4. The Morgan fingerprint density at radius 3 is 2.20 bits per heavy atom. The Kier molecular flexibility index (Phi) is 5.62. The van der Waals surface area contributed by atoms with Gasteiger partial charge in [0.05, 0.1) is 0 Å². The number of hydrogen-bond donors (Lipinski definition) is 0. The van der Waals surface area contributed by atoms with Gasteiger partial charge in [-0.2, -0.15) is 0 Å². The highest BCUT2D eigenvalue weighted by atomic mass is 31.2. The van der Waals surface area contributed by atoms with Gasteiger partial charge < -0.3 is 13.9 Å². The van der Waals surface area contributed by atoms with Crippen molar-refractivity contribution >= 4 is 19.3 Å². The molecule has 1 aromatic rings. The molecule has 0 aromatic heterocycles. The van der Waals surface area contributed by atoms with Gasteiger partial charge >= 0.3 is 7.60 Å². The molecule has 20 heavy (non-hydrogen) atoms. The van der Waals surface area contributed by atoms with E-state index in [4.69, 9.17) is 9.05 Å². The predicted molar refractivity (Wildman–Crippen MR) is 75.3 cm³/mol. The van der Waals surface area contributed by atoms with Crippen molar-refractivity contribution in [1.82, 2.24) is 4.90 Å². The number of ketones is 1. The molecule has 0 aliphatic heterocycles. The van der Waals surface area contributed by atoms with Gasteiger partial charge in [-0.3, -0.25) is 14.2 Å². The Morgan fingerprint density at radius 1 is 1.15 bits per heavy atom. The standard InChI is InChI=1S/C13H18NO5P/c1-14(2)13(16)11-7-5-6-10(8-11)12(15)9-20(17,18-3)19-4/h5-8H,9H2,1-4H3. The average molecular weight is 299 g/mol. The van der Waals surface area contributed by atoms with Crippen molar-refractivity contribution in [2.24, 2.45) is 0 Å². The molecule has 0 unspecified atom stereocenters. The zero-order valence-electron chi connectivity index (χ0n) is 12.0. The molecular weight excluding hydrogens is 281 g/mol. The van der Waals surface area contributed by atoms with Crippen LogP contribution >= 0.6 is 7.60 Å². The summed E-state index contributed by atoms with van der Waals surface area (Å²) in [7, 11) is 2.30. The van der Waals surface area contributed by atoms with Crippen molar-refractivity contribution < 1.29 is 23.2 Å². The van der Waals surface area contributed by atoms with Gasteiger partial charge in [0.15, 0.2) is 5.78 Å². The van der Waals surface area contributed by atoms with Crippen LogP contribution in [0.4, 0.5) is 0 Å². The van der Waals surface area contributed by atoms with Crippen LogP contribution in [0.2, 0.25) is 0 Å². The van der Waals surface area contributed by atoms with Gasteiger partial charge in [0, 0.05) is 39.4 Å². The molecule has 1 rings (SSSR count). The fraction of sp³-hybridized carbons (Fsp3) is 0.385. The van der Waals surface area contributed by atoms with Gasteiger partial charge in [0.1, 0.15) is 6.16 Å². The number of Topliss-reactive ketones (excluding diaryl/α,β-unsaturated/α-hetero) is 1. The number of nitrogens with zero attached hydrogens (tertiary/aromatic N) is 1. The summed E-state index contributed by atoms with van der Waals surface area (Å²) in [5.74, 6) is -0.605.